The molecular formula is C8H13N3O2S. The van der Waals surface area contributed by atoms with Gasteiger partial charge in [0.2, 0.25) is 0 Å². The Kier molecular flexibility index (Phi) is 3.58. The predicted molar refractivity (Wildman–Crippen MR) is 58.1 cm³/mol. The Morgan fingerprint density at radius 1 is 1.57 bits per heavy atom. The normalized spacial score (nSPS) is 17.9. The highest BCUT2D eigenvalue weighted by Gasteiger charge is 2.24. The Morgan fingerprint density at radius 3 is 2.57 bits per heavy atom. The SMILES string of the molecule is COC(=O)C(NC(=N)N)[SH]1C=CC=C1. The van der Waals surface area contributed by atoms with E-state index in [1.807, 2.05) is 23.0 Å². The Morgan fingerprint density at radius 2 is 2.14 bits per heavy atom. The molecule has 4 N–H and O–H groups in total. The van der Waals surface area contributed by atoms with E-state index in [-0.39, 0.29) is 5.96 Å². The van der Waals surface area contributed by atoms with Gasteiger partial charge in [0.05, 0.1) is 7.11 Å². The van der Waals surface area contributed by atoms with Crippen molar-refractivity contribution in [2.75, 3.05) is 7.11 Å². The lowest BCUT2D eigenvalue weighted by molar-refractivity contribution is -0.140. The number of ether oxygens (including phenoxy) is 1. The van der Waals surface area contributed by atoms with Crippen LogP contribution in [0.1, 0.15) is 0 Å². The minimum atomic E-state index is -0.754. The molecule has 78 valence electrons. The van der Waals surface area contributed by atoms with Gasteiger partial charge in [-0.2, -0.15) is 10.9 Å². The van der Waals surface area contributed by atoms with Crippen molar-refractivity contribution in [3.05, 3.63) is 23.0 Å². The fourth-order valence-corrected chi connectivity index (χ4v) is 2.71. The Labute approximate surface area is 84.9 Å². The highest BCUT2D eigenvalue weighted by Crippen LogP contribution is 2.37. The third kappa shape index (κ3) is 2.53. The molecule has 0 aromatic carbocycles. The van der Waals surface area contributed by atoms with E-state index in [1.165, 1.54) is 7.11 Å². The van der Waals surface area contributed by atoms with Gasteiger partial charge in [0.15, 0.2) is 11.3 Å². The molecule has 0 aromatic heterocycles. The van der Waals surface area contributed by atoms with E-state index < -0.39 is 22.2 Å². The third-order valence-electron chi connectivity index (χ3n) is 1.64. The summed E-state index contributed by atoms with van der Waals surface area (Å²) in [6.45, 7) is 0. The molecule has 1 heterocycles. The van der Waals surface area contributed by atoms with Gasteiger partial charge in [0, 0.05) is 0 Å². The van der Waals surface area contributed by atoms with Crippen LogP contribution in [0.3, 0.4) is 0 Å². The molecule has 0 saturated carbocycles. The van der Waals surface area contributed by atoms with E-state index >= 15 is 0 Å². The van der Waals surface area contributed by atoms with Gasteiger partial charge in [-0.05, 0) is 10.8 Å². The predicted octanol–water partition coefficient (Wildman–Crippen LogP) is 0.0108. The van der Waals surface area contributed by atoms with E-state index in [2.05, 4.69) is 10.1 Å². The monoisotopic (exact) mass is 215 g/mol. The molecule has 0 fully saturated rings. The smallest absolute Gasteiger partial charge is 0.337 e. The summed E-state index contributed by atoms with van der Waals surface area (Å²) in [5.41, 5.74) is 5.18. The summed E-state index contributed by atoms with van der Waals surface area (Å²) in [6.07, 6.45) is 3.73. The van der Waals surface area contributed by atoms with Gasteiger partial charge < -0.3 is 15.8 Å². The van der Waals surface area contributed by atoms with Crippen LogP contribution in [0.4, 0.5) is 0 Å². The van der Waals surface area contributed by atoms with Crippen LogP contribution < -0.4 is 11.1 Å². The number of esters is 1. The first-order valence-corrected chi connectivity index (χ1v) is 5.51. The quantitative estimate of drug-likeness (QED) is 0.231. The number of carbonyl (C=O) groups is 1. The molecule has 14 heavy (non-hydrogen) atoms. The van der Waals surface area contributed by atoms with E-state index in [0.29, 0.717) is 0 Å². The topological polar surface area (TPSA) is 88.2 Å². The number of guanidine groups is 1. The average molecular weight is 215 g/mol. The molecule has 0 saturated heterocycles. The van der Waals surface area contributed by atoms with Crippen LogP contribution in [0.2, 0.25) is 0 Å². The van der Waals surface area contributed by atoms with Crippen LogP contribution in [0.15, 0.2) is 23.0 Å². The fraction of sp³-hybridized carbons (Fsp3) is 0.250. The number of methoxy groups -OCH3 is 1. The zero-order valence-corrected chi connectivity index (χ0v) is 8.62. The largest absolute Gasteiger partial charge is 0.467 e. The minimum absolute atomic E-state index is 0.225. The second kappa shape index (κ2) is 4.71. The van der Waals surface area contributed by atoms with Crippen LogP contribution in [-0.2, 0) is 9.53 Å². The van der Waals surface area contributed by atoms with Crippen molar-refractivity contribution in [3.63, 3.8) is 0 Å². The lowest BCUT2D eigenvalue weighted by Crippen LogP contribution is -2.43. The number of nitrogens with one attached hydrogen (secondary N) is 2. The first-order valence-electron chi connectivity index (χ1n) is 3.96. The zero-order valence-electron chi connectivity index (χ0n) is 7.73. The highest BCUT2D eigenvalue weighted by molar-refractivity contribution is 8.23. The number of allylic oxidation sites excluding steroid dienone is 2. The van der Waals surface area contributed by atoms with Crippen molar-refractivity contribution in [1.82, 2.24) is 5.32 Å². The highest BCUT2D eigenvalue weighted by atomic mass is 32.2. The van der Waals surface area contributed by atoms with E-state index in [4.69, 9.17) is 11.1 Å². The molecule has 0 amide bonds. The molecule has 0 spiro atoms. The Bertz CT molecular complexity index is 289. The summed E-state index contributed by atoms with van der Waals surface area (Å²) >= 11 is 0. The van der Waals surface area contributed by atoms with E-state index in [9.17, 15) is 4.79 Å². The van der Waals surface area contributed by atoms with Gasteiger partial charge in [-0.3, -0.25) is 5.41 Å². The molecule has 1 unspecified atom stereocenters. The first-order chi connectivity index (χ1) is 6.65. The van der Waals surface area contributed by atoms with Gasteiger partial charge in [-0.15, -0.1) is 0 Å². The van der Waals surface area contributed by atoms with Crippen molar-refractivity contribution >= 4 is 22.8 Å². The molecular weight excluding hydrogens is 202 g/mol. The molecule has 0 aliphatic carbocycles. The summed E-state index contributed by atoms with van der Waals surface area (Å²) in [5, 5.41) is 12.9. The molecule has 0 aromatic rings. The molecule has 1 atom stereocenters. The molecule has 1 rings (SSSR count). The molecule has 1 aliphatic rings. The second-order valence-corrected chi connectivity index (χ2v) is 4.62. The van der Waals surface area contributed by atoms with Gasteiger partial charge in [0.25, 0.3) is 0 Å². The standard InChI is InChI=1S/C8H13N3O2S/c1-13-7(12)6(11-8(9)10)14-4-2-3-5-14/h2-6,14H,1H3,(H4,9,10,11). The van der Waals surface area contributed by atoms with Crippen molar-refractivity contribution in [3.8, 4) is 0 Å². The van der Waals surface area contributed by atoms with E-state index in [0.717, 1.165) is 0 Å². The van der Waals surface area contributed by atoms with Crippen LogP contribution in [0.25, 0.3) is 0 Å². The number of nitrogens with two attached hydrogens (primary N) is 1. The van der Waals surface area contributed by atoms with E-state index in [1.54, 1.807) is 0 Å². The van der Waals surface area contributed by atoms with Crippen molar-refractivity contribution in [2.45, 2.75) is 5.37 Å². The summed E-state index contributed by atoms with van der Waals surface area (Å²) in [5.74, 6) is -0.626. The van der Waals surface area contributed by atoms with Crippen LogP contribution in [0.5, 0.6) is 0 Å². The summed E-state index contributed by atoms with van der Waals surface area (Å²) in [4.78, 5) is 11.3. The number of rotatable bonds is 3. The molecule has 1 aliphatic heterocycles. The molecule has 0 bridgehead atoms. The first kappa shape index (κ1) is 10.6. The second-order valence-electron chi connectivity index (χ2n) is 2.61. The van der Waals surface area contributed by atoms with Crippen LogP contribution in [-0.4, -0.2) is 24.4 Å². The maximum atomic E-state index is 11.3. The van der Waals surface area contributed by atoms with Crippen molar-refractivity contribution in [1.29, 1.82) is 5.41 Å². The van der Waals surface area contributed by atoms with Gasteiger partial charge >= 0.3 is 5.97 Å². The number of hydrogen-bond acceptors (Lipinski definition) is 3. The summed E-state index contributed by atoms with van der Waals surface area (Å²) in [7, 11) is 0.562. The van der Waals surface area contributed by atoms with Crippen LogP contribution >= 0.6 is 10.9 Å². The molecule has 6 heteroatoms. The van der Waals surface area contributed by atoms with Gasteiger partial charge in [-0.1, -0.05) is 12.2 Å². The Hall–Kier alpha value is -1.43. The zero-order chi connectivity index (χ0) is 10.6. The van der Waals surface area contributed by atoms with Crippen molar-refractivity contribution < 1.29 is 9.53 Å². The lowest BCUT2D eigenvalue weighted by Gasteiger charge is -2.22. The number of carbonyl (C=O) groups excluding carboxylic acids is 1. The minimum Gasteiger partial charge on any atom is -0.467 e. The molecule has 5 nitrogen and oxygen atoms in total. The number of hydrogen-bond donors (Lipinski definition) is 4. The third-order valence-corrected chi connectivity index (χ3v) is 3.61. The van der Waals surface area contributed by atoms with Crippen LogP contribution in [0, 0.1) is 5.41 Å². The fourth-order valence-electron chi connectivity index (χ4n) is 1.03. The summed E-state index contributed by atoms with van der Waals surface area (Å²) in [6, 6.07) is 0. The lowest BCUT2D eigenvalue weighted by atomic mass is 10.6. The van der Waals surface area contributed by atoms with Gasteiger partial charge in [-0.25, -0.2) is 4.79 Å². The summed E-state index contributed by atoms with van der Waals surface area (Å²) < 4.78 is 4.62. The maximum Gasteiger partial charge on any atom is 0.337 e. The number of thiol groups is 1. The van der Waals surface area contributed by atoms with Gasteiger partial charge in [0.1, 0.15) is 0 Å². The Balaban J connectivity index is 2.70. The van der Waals surface area contributed by atoms with Crippen molar-refractivity contribution in [2.24, 2.45) is 5.73 Å². The maximum absolute atomic E-state index is 11.3. The molecule has 0 radical (unpaired) electrons. The average Bonchev–Trinajstić information content (AvgIpc) is 2.65.